The zero-order valence-corrected chi connectivity index (χ0v) is 11.5. The highest BCUT2D eigenvalue weighted by Crippen LogP contribution is 2.41. The van der Waals surface area contributed by atoms with Gasteiger partial charge in [-0.2, -0.15) is 11.8 Å². The summed E-state index contributed by atoms with van der Waals surface area (Å²) in [5.74, 6) is 0.519. The van der Waals surface area contributed by atoms with Gasteiger partial charge < -0.3 is 0 Å². The summed E-state index contributed by atoms with van der Waals surface area (Å²) in [6, 6.07) is 1.96. The summed E-state index contributed by atoms with van der Waals surface area (Å²) in [4.78, 5) is 14.4. The van der Waals surface area contributed by atoms with E-state index in [-0.39, 0.29) is 0 Å². The molecule has 0 aromatic carbocycles. The number of carbonyl (C=O) groups is 1. The standard InChI is InChI=1S/C14H23NOS/c1-17-14-5-3-2-4-13(14)15-10-6-7-11(15)9-12(16)8-10/h10-11,13-14H,2-9H2,1H3. The number of nitrogens with zero attached hydrogens (tertiary/aromatic N) is 1. The van der Waals surface area contributed by atoms with Crippen molar-refractivity contribution in [2.45, 2.75) is 74.7 Å². The van der Waals surface area contributed by atoms with Crippen LogP contribution in [0.5, 0.6) is 0 Å². The molecule has 3 rings (SSSR count). The van der Waals surface area contributed by atoms with Crippen molar-refractivity contribution in [3.05, 3.63) is 0 Å². The van der Waals surface area contributed by atoms with E-state index in [1.807, 2.05) is 0 Å². The van der Waals surface area contributed by atoms with Gasteiger partial charge >= 0.3 is 0 Å². The summed E-state index contributed by atoms with van der Waals surface area (Å²) in [7, 11) is 0. The smallest absolute Gasteiger partial charge is 0.136 e. The van der Waals surface area contributed by atoms with Crippen LogP contribution in [0.15, 0.2) is 0 Å². The molecule has 0 aromatic rings. The van der Waals surface area contributed by atoms with E-state index in [0.717, 1.165) is 24.1 Å². The van der Waals surface area contributed by atoms with Gasteiger partial charge in [0.25, 0.3) is 0 Å². The predicted octanol–water partition coefficient (Wildman–Crippen LogP) is 2.86. The van der Waals surface area contributed by atoms with E-state index >= 15 is 0 Å². The molecule has 2 saturated heterocycles. The molecule has 4 atom stereocenters. The monoisotopic (exact) mass is 253 g/mol. The second-order valence-corrected chi connectivity index (χ2v) is 6.98. The van der Waals surface area contributed by atoms with E-state index in [2.05, 4.69) is 22.9 Å². The van der Waals surface area contributed by atoms with Crippen molar-refractivity contribution >= 4 is 17.5 Å². The summed E-state index contributed by atoms with van der Waals surface area (Å²) in [6.45, 7) is 0. The number of Topliss-reactive ketones (excluding diaryl/α,β-unsaturated/α-hetero) is 1. The fourth-order valence-corrected chi connectivity index (χ4v) is 5.23. The van der Waals surface area contributed by atoms with Gasteiger partial charge in [0.2, 0.25) is 0 Å². The predicted molar refractivity (Wildman–Crippen MR) is 72.4 cm³/mol. The molecule has 4 unspecified atom stereocenters. The lowest BCUT2D eigenvalue weighted by Crippen LogP contribution is -2.53. The van der Waals surface area contributed by atoms with Crippen LogP contribution in [0, 0.1) is 0 Å². The first kappa shape index (κ1) is 12.0. The first-order chi connectivity index (χ1) is 8.29. The molecule has 0 spiro atoms. The molecular weight excluding hydrogens is 230 g/mol. The van der Waals surface area contributed by atoms with Crippen LogP contribution in [0.3, 0.4) is 0 Å². The molecule has 2 nitrogen and oxygen atoms in total. The maximum absolute atomic E-state index is 11.7. The fourth-order valence-electron chi connectivity index (χ4n) is 4.24. The minimum Gasteiger partial charge on any atom is -0.300 e. The van der Waals surface area contributed by atoms with Crippen LogP contribution in [0.1, 0.15) is 51.4 Å². The average Bonchev–Trinajstić information content (AvgIpc) is 2.61. The lowest BCUT2D eigenvalue weighted by atomic mass is 9.89. The minimum absolute atomic E-state index is 0.519. The normalized spacial score (nSPS) is 43.0. The van der Waals surface area contributed by atoms with E-state index in [4.69, 9.17) is 0 Å². The van der Waals surface area contributed by atoms with Crippen LogP contribution in [-0.4, -0.2) is 40.3 Å². The molecule has 1 aliphatic carbocycles. The summed E-state index contributed by atoms with van der Waals surface area (Å²) in [5.41, 5.74) is 0. The fraction of sp³-hybridized carbons (Fsp3) is 0.929. The number of fused-ring (bicyclic) bond motifs is 2. The molecule has 0 aromatic heterocycles. The zero-order chi connectivity index (χ0) is 11.8. The van der Waals surface area contributed by atoms with Crippen LogP contribution in [0.25, 0.3) is 0 Å². The van der Waals surface area contributed by atoms with Gasteiger partial charge in [0, 0.05) is 36.2 Å². The van der Waals surface area contributed by atoms with Gasteiger partial charge in [0.05, 0.1) is 0 Å². The molecule has 3 fully saturated rings. The van der Waals surface area contributed by atoms with Gasteiger partial charge in [-0.15, -0.1) is 0 Å². The highest BCUT2D eigenvalue weighted by Gasteiger charge is 2.45. The molecule has 2 heterocycles. The van der Waals surface area contributed by atoms with Crippen molar-refractivity contribution in [2.75, 3.05) is 6.26 Å². The van der Waals surface area contributed by atoms with Crippen molar-refractivity contribution in [3.8, 4) is 0 Å². The Bertz CT molecular complexity index is 291. The Kier molecular flexibility index (Phi) is 3.49. The van der Waals surface area contributed by atoms with Crippen LogP contribution in [0.4, 0.5) is 0 Å². The van der Waals surface area contributed by atoms with Gasteiger partial charge in [0.15, 0.2) is 0 Å². The van der Waals surface area contributed by atoms with Crippen LogP contribution in [0.2, 0.25) is 0 Å². The number of hydrogen-bond acceptors (Lipinski definition) is 3. The van der Waals surface area contributed by atoms with E-state index in [9.17, 15) is 4.79 Å². The van der Waals surface area contributed by atoms with Gasteiger partial charge in [-0.1, -0.05) is 12.8 Å². The Morgan fingerprint density at radius 2 is 1.71 bits per heavy atom. The number of piperidine rings is 1. The van der Waals surface area contributed by atoms with Crippen LogP contribution in [-0.2, 0) is 4.79 Å². The largest absolute Gasteiger partial charge is 0.300 e. The molecule has 2 aliphatic heterocycles. The van der Waals surface area contributed by atoms with E-state index in [1.165, 1.54) is 38.5 Å². The van der Waals surface area contributed by atoms with Crippen LogP contribution < -0.4 is 0 Å². The molecule has 1 saturated carbocycles. The third-order valence-electron chi connectivity index (χ3n) is 4.96. The van der Waals surface area contributed by atoms with Crippen molar-refractivity contribution in [3.63, 3.8) is 0 Å². The summed E-state index contributed by atoms with van der Waals surface area (Å²) >= 11 is 2.05. The molecule has 2 bridgehead atoms. The maximum Gasteiger partial charge on any atom is 0.136 e. The summed E-state index contributed by atoms with van der Waals surface area (Å²) < 4.78 is 0. The summed E-state index contributed by atoms with van der Waals surface area (Å²) in [6.07, 6.45) is 12.0. The third kappa shape index (κ3) is 2.17. The summed E-state index contributed by atoms with van der Waals surface area (Å²) in [5, 5.41) is 0.819. The van der Waals surface area contributed by atoms with Crippen molar-refractivity contribution in [1.82, 2.24) is 4.90 Å². The molecule has 3 heteroatoms. The lowest BCUT2D eigenvalue weighted by molar-refractivity contribution is -0.124. The highest BCUT2D eigenvalue weighted by molar-refractivity contribution is 7.99. The van der Waals surface area contributed by atoms with Crippen molar-refractivity contribution in [1.29, 1.82) is 0 Å². The highest BCUT2D eigenvalue weighted by atomic mass is 32.2. The van der Waals surface area contributed by atoms with E-state index in [1.54, 1.807) is 0 Å². The van der Waals surface area contributed by atoms with E-state index in [0.29, 0.717) is 17.9 Å². The zero-order valence-electron chi connectivity index (χ0n) is 10.7. The molecular formula is C14H23NOS. The van der Waals surface area contributed by atoms with Crippen molar-refractivity contribution in [2.24, 2.45) is 0 Å². The first-order valence-electron chi connectivity index (χ1n) is 7.11. The molecule has 0 radical (unpaired) electrons. The SMILES string of the molecule is CSC1CCCCC1N1C2CCC1CC(=O)C2. The Morgan fingerprint density at radius 3 is 2.35 bits per heavy atom. The Morgan fingerprint density at radius 1 is 1.06 bits per heavy atom. The Balaban J connectivity index is 1.77. The van der Waals surface area contributed by atoms with Crippen molar-refractivity contribution < 1.29 is 4.79 Å². The van der Waals surface area contributed by atoms with Crippen LogP contribution >= 0.6 is 11.8 Å². The van der Waals surface area contributed by atoms with Gasteiger partial charge in [-0.05, 0) is 31.9 Å². The van der Waals surface area contributed by atoms with Gasteiger partial charge in [-0.25, -0.2) is 0 Å². The molecule has 0 amide bonds. The molecule has 0 N–H and O–H groups in total. The molecule has 3 aliphatic rings. The Hall–Kier alpha value is -0.0200. The van der Waals surface area contributed by atoms with Gasteiger partial charge in [0.1, 0.15) is 5.78 Å². The quantitative estimate of drug-likeness (QED) is 0.755. The second kappa shape index (κ2) is 4.93. The number of rotatable bonds is 2. The number of hydrogen-bond donors (Lipinski definition) is 0. The molecule has 96 valence electrons. The topological polar surface area (TPSA) is 20.3 Å². The third-order valence-corrected chi connectivity index (χ3v) is 6.11. The van der Waals surface area contributed by atoms with E-state index < -0.39 is 0 Å². The van der Waals surface area contributed by atoms with Gasteiger partial charge in [-0.3, -0.25) is 9.69 Å². The Labute approximate surface area is 109 Å². The first-order valence-corrected chi connectivity index (χ1v) is 8.40. The minimum atomic E-state index is 0.519. The average molecular weight is 253 g/mol. The lowest BCUT2D eigenvalue weighted by Gasteiger charge is -2.45. The number of thioether (sulfide) groups is 1. The number of carbonyl (C=O) groups excluding carboxylic acids is 1. The number of ketones is 1. The second-order valence-electron chi connectivity index (χ2n) is 5.91. The maximum atomic E-state index is 11.7. The molecule has 17 heavy (non-hydrogen) atoms.